The van der Waals surface area contributed by atoms with Gasteiger partial charge in [-0.2, -0.15) is 0 Å². The first-order valence-electron chi connectivity index (χ1n) is 4.52. The largest absolute Gasteiger partial charge is 0.479 e. The van der Waals surface area contributed by atoms with Crippen LogP contribution in [0.3, 0.4) is 0 Å². The zero-order chi connectivity index (χ0) is 9.47. The van der Waals surface area contributed by atoms with Crippen LogP contribution in [0.4, 0.5) is 0 Å². The van der Waals surface area contributed by atoms with Gasteiger partial charge in [0.2, 0.25) is 0 Å². The lowest BCUT2D eigenvalue weighted by Crippen LogP contribution is -2.40. The van der Waals surface area contributed by atoms with Crippen LogP contribution < -0.4 is 0 Å². The Morgan fingerprint density at radius 2 is 2.00 bits per heavy atom. The first-order valence-corrected chi connectivity index (χ1v) is 4.52. The molecule has 0 bridgehead atoms. The van der Waals surface area contributed by atoms with Crippen molar-refractivity contribution in [3.8, 4) is 0 Å². The van der Waals surface area contributed by atoms with Crippen molar-refractivity contribution in [2.45, 2.75) is 25.3 Å². The molecule has 1 atom stereocenters. The highest BCUT2D eigenvalue weighted by Gasteiger charge is 2.48. The van der Waals surface area contributed by atoms with Crippen molar-refractivity contribution >= 4 is 5.97 Å². The number of nitrogens with zero attached hydrogens (tertiary/aromatic N) is 1. The smallest absolute Gasteiger partial charge is 0.329 e. The van der Waals surface area contributed by atoms with E-state index in [0.29, 0.717) is 5.92 Å². The van der Waals surface area contributed by atoms with Crippen LogP contribution in [0.5, 0.6) is 0 Å². The summed E-state index contributed by atoms with van der Waals surface area (Å²) in [6.45, 7) is 1.80. The molecule has 1 aliphatic carbocycles. The van der Waals surface area contributed by atoms with Gasteiger partial charge >= 0.3 is 5.97 Å². The second-order valence-corrected chi connectivity index (χ2v) is 3.82. The molecule has 1 fully saturated rings. The third kappa shape index (κ3) is 1.15. The van der Waals surface area contributed by atoms with Gasteiger partial charge in [-0.3, -0.25) is 0 Å². The van der Waals surface area contributed by atoms with E-state index in [4.69, 9.17) is 0 Å². The van der Waals surface area contributed by atoms with Gasteiger partial charge < -0.3 is 9.67 Å². The molecule has 0 saturated heterocycles. The average Bonchev–Trinajstić information content (AvgIpc) is 2.80. The topological polar surface area (TPSA) is 42.2 Å². The molecular formula is C10H13NO2. The Labute approximate surface area is 77.0 Å². The molecule has 0 aromatic carbocycles. The van der Waals surface area contributed by atoms with Crippen molar-refractivity contribution < 1.29 is 9.90 Å². The van der Waals surface area contributed by atoms with E-state index in [1.54, 1.807) is 11.5 Å². The molecule has 1 aromatic heterocycles. The summed E-state index contributed by atoms with van der Waals surface area (Å²) in [4.78, 5) is 11.2. The highest BCUT2D eigenvalue weighted by atomic mass is 16.4. The number of aliphatic carboxylic acids is 1. The van der Waals surface area contributed by atoms with Crippen LogP contribution in [0, 0.1) is 5.92 Å². The van der Waals surface area contributed by atoms with Crippen molar-refractivity contribution in [2.75, 3.05) is 0 Å². The molecule has 0 radical (unpaired) electrons. The highest BCUT2D eigenvalue weighted by Crippen LogP contribution is 2.44. The van der Waals surface area contributed by atoms with Gasteiger partial charge in [0.15, 0.2) is 0 Å². The molecule has 0 amide bonds. The van der Waals surface area contributed by atoms with Gasteiger partial charge in [0.25, 0.3) is 0 Å². The van der Waals surface area contributed by atoms with Crippen molar-refractivity contribution in [2.24, 2.45) is 5.92 Å². The molecule has 70 valence electrons. The Hall–Kier alpha value is -1.25. The fraction of sp³-hybridized carbons (Fsp3) is 0.500. The quantitative estimate of drug-likeness (QED) is 0.767. The summed E-state index contributed by atoms with van der Waals surface area (Å²) < 4.78 is 1.80. The first kappa shape index (κ1) is 8.35. The second-order valence-electron chi connectivity index (χ2n) is 3.82. The maximum absolute atomic E-state index is 11.2. The lowest BCUT2D eigenvalue weighted by Gasteiger charge is -2.26. The minimum atomic E-state index is -0.733. The van der Waals surface area contributed by atoms with Crippen LogP contribution in [0.25, 0.3) is 0 Å². The van der Waals surface area contributed by atoms with E-state index in [2.05, 4.69) is 0 Å². The number of rotatable bonds is 3. The number of carboxylic acid groups (broad SMARTS) is 1. The predicted octanol–water partition coefficient (Wildman–Crippen LogP) is 1.70. The average molecular weight is 179 g/mol. The molecule has 0 spiro atoms. The van der Waals surface area contributed by atoms with Gasteiger partial charge in [-0.1, -0.05) is 0 Å². The van der Waals surface area contributed by atoms with Gasteiger partial charge in [0.05, 0.1) is 0 Å². The van der Waals surface area contributed by atoms with Gasteiger partial charge in [0, 0.05) is 12.4 Å². The van der Waals surface area contributed by atoms with Crippen molar-refractivity contribution in [3.05, 3.63) is 24.5 Å². The number of carbonyl (C=O) groups is 1. The van der Waals surface area contributed by atoms with Crippen LogP contribution in [0.2, 0.25) is 0 Å². The van der Waals surface area contributed by atoms with Gasteiger partial charge in [-0.25, -0.2) is 4.79 Å². The zero-order valence-corrected chi connectivity index (χ0v) is 7.60. The number of hydrogen-bond acceptors (Lipinski definition) is 1. The van der Waals surface area contributed by atoms with E-state index in [1.165, 1.54) is 0 Å². The van der Waals surface area contributed by atoms with E-state index in [-0.39, 0.29) is 0 Å². The van der Waals surface area contributed by atoms with E-state index in [9.17, 15) is 9.90 Å². The maximum Gasteiger partial charge on any atom is 0.329 e. The first-order chi connectivity index (χ1) is 6.15. The molecule has 13 heavy (non-hydrogen) atoms. The minimum Gasteiger partial charge on any atom is -0.479 e. The molecule has 2 rings (SSSR count). The molecule has 1 heterocycles. The van der Waals surface area contributed by atoms with E-state index in [0.717, 1.165) is 12.8 Å². The number of hydrogen-bond donors (Lipinski definition) is 1. The molecule has 3 heteroatoms. The van der Waals surface area contributed by atoms with Crippen LogP contribution in [-0.4, -0.2) is 15.6 Å². The van der Waals surface area contributed by atoms with Crippen molar-refractivity contribution in [1.82, 2.24) is 4.57 Å². The molecule has 1 aliphatic rings. The molecule has 1 N–H and O–H groups in total. The maximum atomic E-state index is 11.2. The Balaban J connectivity index is 2.38. The van der Waals surface area contributed by atoms with Crippen molar-refractivity contribution in [3.63, 3.8) is 0 Å². The molecule has 3 nitrogen and oxygen atoms in total. The summed E-state index contributed by atoms with van der Waals surface area (Å²) in [5.74, 6) is -0.427. The van der Waals surface area contributed by atoms with Crippen LogP contribution in [0.15, 0.2) is 24.5 Å². The number of aromatic nitrogens is 1. The Morgan fingerprint density at radius 3 is 2.38 bits per heavy atom. The predicted molar refractivity (Wildman–Crippen MR) is 48.4 cm³/mol. The zero-order valence-electron chi connectivity index (χ0n) is 7.60. The Morgan fingerprint density at radius 1 is 1.46 bits per heavy atom. The summed E-state index contributed by atoms with van der Waals surface area (Å²) in [5.41, 5.74) is -0.733. The lowest BCUT2D eigenvalue weighted by molar-refractivity contribution is -0.147. The number of carboxylic acids is 1. The van der Waals surface area contributed by atoms with E-state index >= 15 is 0 Å². The molecule has 0 aliphatic heterocycles. The van der Waals surface area contributed by atoms with Gasteiger partial charge in [0.1, 0.15) is 5.54 Å². The monoisotopic (exact) mass is 179 g/mol. The third-order valence-corrected chi connectivity index (χ3v) is 2.95. The summed E-state index contributed by atoms with van der Waals surface area (Å²) in [5, 5.41) is 9.19. The summed E-state index contributed by atoms with van der Waals surface area (Å²) in [6, 6.07) is 3.73. The fourth-order valence-corrected chi connectivity index (χ4v) is 1.79. The lowest BCUT2D eigenvalue weighted by atomic mass is 9.96. The molecule has 1 saturated carbocycles. The standard InChI is InChI=1S/C10H13NO2/c1-10(9(12)13,8-4-5-8)11-6-2-3-7-11/h2-3,6-8H,4-5H2,1H3,(H,12,13)/t10-/m1/s1. The minimum absolute atomic E-state index is 0.303. The van der Waals surface area contributed by atoms with Crippen LogP contribution in [0.1, 0.15) is 19.8 Å². The molecule has 1 aromatic rings. The van der Waals surface area contributed by atoms with E-state index < -0.39 is 11.5 Å². The van der Waals surface area contributed by atoms with E-state index in [1.807, 2.05) is 24.5 Å². The third-order valence-electron chi connectivity index (χ3n) is 2.95. The van der Waals surface area contributed by atoms with Gasteiger partial charge in [-0.05, 0) is 37.8 Å². The summed E-state index contributed by atoms with van der Waals surface area (Å²) >= 11 is 0. The molecule has 0 unspecified atom stereocenters. The van der Waals surface area contributed by atoms with Gasteiger partial charge in [-0.15, -0.1) is 0 Å². The normalized spacial score (nSPS) is 21.0. The summed E-state index contributed by atoms with van der Waals surface area (Å²) in [6.07, 6.45) is 5.71. The second kappa shape index (κ2) is 2.62. The fourth-order valence-electron chi connectivity index (χ4n) is 1.79. The van der Waals surface area contributed by atoms with Crippen LogP contribution in [-0.2, 0) is 10.3 Å². The SMILES string of the molecule is C[C@](C(=O)O)(C1CC1)n1cccc1. The van der Waals surface area contributed by atoms with Crippen LogP contribution >= 0.6 is 0 Å². The Kier molecular flexibility index (Phi) is 1.68. The highest BCUT2D eigenvalue weighted by molar-refractivity contribution is 5.77. The van der Waals surface area contributed by atoms with Crippen molar-refractivity contribution in [1.29, 1.82) is 0 Å². The Bertz CT molecular complexity index is 314. The summed E-state index contributed by atoms with van der Waals surface area (Å²) in [7, 11) is 0. The molecular weight excluding hydrogens is 166 g/mol.